The van der Waals surface area contributed by atoms with Crippen molar-refractivity contribution in [2.75, 3.05) is 34.7 Å². The van der Waals surface area contributed by atoms with Crippen molar-refractivity contribution in [3.05, 3.63) is 29.8 Å². The third-order valence-electron chi connectivity index (χ3n) is 2.62. The smallest absolute Gasteiger partial charge is 0.195 e. The number of aryl methyl sites for hydroxylation is 1. The second kappa shape index (κ2) is 9.05. The van der Waals surface area contributed by atoms with Gasteiger partial charge in [-0.05, 0) is 31.5 Å². The van der Waals surface area contributed by atoms with E-state index < -0.39 is 0 Å². The first kappa shape index (κ1) is 19.0. The van der Waals surface area contributed by atoms with Crippen molar-refractivity contribution in [2.24, 2.45) is 4.99 Å². The molecule has 1 atom stereocenters. The van der Waals surface area contributed by atoms with Crippen LogP contribution in [0.5, 0.6) is 5.75 Å². The molecule has 0 saturated heterocycles. The molecule has 20 heavy (non-hydrogen) atoms. The second-order valence-corrected chi connectivity index (χ2v) is 5.17. The second-order valence-electron chi connectivity index (χ2n) is 5.17. The first-order valence-electron chi connectivity index (χ1n) is 6.52. The highest BCUT2D eigenvalue weighted by molar-refractivity contribution is 14.0. The monoisotopic (exact) mass is 391 g/mol. The zero-order valence-electron chi connectivity index (χ0n) is 13.3. The van der Waals surface area contributed by atoms with Crippen LogP contribution in [-0.4, -0.2) is 56.6 Å². The fraction of sp³-hybridized carbons (Fsp3) is 0.533. The van der Waals surface area contributed by atoms with E-state index >= 15 is 0 Å². The molecular formula is C15H26IN3O. The number of halogens is 1. The van der Waals surface area contributed by atoms with Gasteiger partial charge >= 0.3 is 0 Å². The summed E-state index contributed by atoms with van der Waals surface area (Å²) in [5.41, 5.74) is 1.20. The molecule has 0 bridgehead atoms. The van der Waals surface area contributed by atoms with Crippen LogP contribution in [0.3, 0.4) is 0 Å². The van der Waals surface area contributed by atoms with Crippen molar-refractivity contribution in [2.45, 2.75) is 20.0 Å². The van der Waals surface area contributed by atoms with Crippen LogP contribution in [0.25, 0.3) is 0 Å². The Morgan fingerprint density at radius 1 is 1.20 bits per heavy atom. The van der Waals surface area contributed by atoms with Crippen LogP contribution in [0.4, 0.5) is 0 Å². The zero-order chi connectivity index (χ0) is 14.4. The number of hydrogen-bond donors (Lipinski definition) is 0. The summed E-state index contributed by atoms with van der Waals surface area (Å²) in [5, 5.41) is 0. The topological polar surface area (TPSA) is 28.1 Å². The molecule has 114 valence electrons. The van der Waals surface area contributed by atoms with Gasteiger partial charge in [0.25, 0.3) is 0 Å². The Bertz CT molecular complexity index is 423. The van der Waals surface area contributed by atoms with Crippen LogP contribution in [0.15, 0.2) is 29.3 Å². The van der Waals surface area contributed by atoms with Crippen LogP contribution in [0, 0.1) is 6.92 Å². The van der Waals surface area contributed by atoms with E-state index in [4.69, 9.17) is 4.74 Å². The fourth-order valence-corrected chi connectivity index (χ4v) is 1.85. The first-order chi connectivity index (χ1) is 8.90. The molecule has 1 aromatic rings. The van der Waals surface area contributed by atoms with Gasteiger partial charge in [0.2, 0.25) is 0 Å². The van der Waals surface area contributed by atoms with Crippen molar-refractivity contribution in [3.63, 3.8) is 0 Å². The Morgan fingerprint density at radius 3 is 2.30 bits per heavy atom. The van der Waals surface area contributed by atoms with Gasteiger partial charge in [-0.15, -0.1) is 24.0 Å². The van der Waals surface area contributed by atoms with Crippen molar-refractivity contribution >= 4 is 29.9 Å². The Balaban J connectivity index is 0.00000361. The highest BCUT2D eigenvalue weighted by Crippen LogP contribution is 2.14. The Morgan fingerprint density at radius 2 is 1.80 bits per heavy atom. The minimum atomic E-state index is 0. The van der Waals surface area contributed by atoms with Crippen LogP contribution < -0.4 is 4.74 Å². The third kappa shape index (κ3) is 6.45. The summed E-state index contributed by atoms with van der Waals surface area (Å²) >= 11 is 0. The van der Waals surface area contributed by atoms with E-state index in [0.29, 0.717) is 6.54 Å². The van der Waals surface area contributed by atoms with Gasteiger partial charge in [-0.3, -0.25) is 0 Å². The maximum atomic E-state index is 5.86. The van der Waals surface area contributed by atoms with Gasteiger partial charge in [0, 0.05) is 28.2 Å². The SMILES string of the molecule is Cc1cccc(OC(C)CN=C(N(C)C)N(C)C)c1.I. The molecule has 0 aromatic heterocycles. The molecule has 0 heterocycles. The van der Waals surface area contributed by atoms with Gasteiger partial charge in [-0.25, -0.2) is 4.99 Å². The summed E-state index contributed by atoms with van der Waals surface area (Å²) in [7, 11) is 7.96. The van der Waals surface area contributed by atoms with Gasteiger partial charge in [0.05, 0.1) is 6.54 Å². The average Bonchev–Trinajstić information content (AvgIpc) is 2.27. The molecule has 0 saturated carbocycles. The molecular weight excluding hydrogens is 365 g/mol. The third-order valence-corrected chi connectivity index (χ3v) is 2.62. The van der Waals surface area contributed by atoms with Crippen LogP contribution in [0.1, 0.15) is 12.5 Å². The molecule has 1 rings (SSSR count). The van der Waals surface area contributed by atoms with Crippen molar-refractivity contribution in [1.29, 1.82) is 0 Å². The Labute approximate surface area is 139 Å². The highest BCUT2D eigenvalue weighted by Gasteiger charge is 2.07. The van der Waals surface area contributed by atoms with Gasteiger partial charge < -0.3 is 14.5 Å². The summed E-state index contributed by atoms with van der Waals surface area (Å²) in [6, 6.07) is 8.09. The predicted octanol–water partition coefficient (Wildman–Crippen LogP) is 2.86. The standard InChI is InChI=1S/C15H25N3O.HI/c1-12-8-7-9-14(10-12)19-13(2)11-16-15(17(3)4)18(5)6;/h7-10,13H,11H2,1-6H3;1H. The summed E-state index contributed by atoms with van der Waals surface area (Å²) in [6.07, 6.45) is 0.0525. The number of nitrogens with zero attached hydrogens (tertiary/aromatic N) is 3. The molecule has 4 nitrogen and oxygen atoms in total. The molecule has 0 N–H and O–H groups in total. The van der Waals surface area contributed by atoms with Gasteiger partial charge in [-0.1, -0.05) is 12.1 Å². The maximum absolute atomic E-state index is 5.86. The lowest BCUT2D eigenvalue weighted by atomic mass is 10.2. The first-order valence-corrected chi connectivity index (χ1v) is 6.52. The van der Waals surface area contributed by atoms with Gasteiger partial charge in [-0.2, -0.15) is 0 Å². The Kier molecular flexibility index (Phi) is 8.60. The average molecular weight is 391 g/mol. The Hall–Kier alpha value is -0.980. The molecule has 0 radical (unpaired) electrons. The summed E-state index contributed by atoms with van der Waals surface area (Å²) in [4.78, 5) is 8.58. The number of aliphatic imine (C=N–C) groups is 1. The van der Waals surface area contributed by atoms with Crippen LogP contribution in [-0.2, 0) is 0 Å². The molecule has 5 heteroatoms. The molecule has 0 aliphatic carbocycles. The van der Waals surface area contributed by atoms with E-state index in [1.165, 1.54) is 5.56 Å². The molecule has 0 aliphatic heterocycles. The lowest BCUT2D eigenvalue weighted by Gasteiger charge is -2.23. The molecule has 0 aliphatic rings. The van der Waals surface area contributed by atoms with E-state index in [9.17, 15) is 0 Å². The van der Waals surface area contributed by atoms with E-state index in [1.54, 1.807) is 0 Å². The highest BCUT2D eigenvalue weighted by atomic mass is 127. The van der Waals surface area contributed by atoms with Crippen molar-refractivity contribution in [3.8, 4) is 5.75 Å². The fourth-order valence-electron chi connectivity index (χ4n) is 1.85. The lowest BCUT2D eigenvalue weighted by Crippen LogP contribution is -2.36. The lowest BCUT2D eigenvalue weighted by molar-refractivity contribution is 0.229. The van der Waals surface area contributed by atoms with Crippen LogP contribution >= 0.6 is 24.0 Å². The maximum Gasteiger partial charge on any atom is 0.195 e. The normalized spacial score (nSPS) is 11.1. The number of guanidine groups is 1. The summed E-state index contributed by atoms with van der Waals surface area (Å²) < 4.78 is 5.86. The van der Waals surface area contributed by atoms with Crippen molar-refractivity contribution < 1.29 is 4.74 Å². The van der Waals surface area contributed by atoms with Crippen molar-refractivity contribution in [1.82, 2.24) is 9.80 Å². The summed E-state index contributed by atoms with van der Waals surface area (Å²) in [5.74, 6) is 1.85. The number of ether oxygens (including phenoxy) is 1. The van der Waals surface area contributed by atoms with Gasteiger partial charge in [0.1, 0.15) is 11.9 Å². The van der Waals surface area contributed by atoms with Gasteiger partial charge in [0.15, 0.2) is 5.96 Å². The minimum Gasteiger partial charge on any atom is -0.489 e. The van der Waals surface area contributed by atoms with E-state index in [-0.39, 0.29) is 30.1 Å². The molecule has 1 unspecified atom stereocenters. The number of benzene rings is 1. The zero-order valence-corrected chi connectivity index (χ0v) is 15.6. The molecule has 1 aromatic carbocycles. The molecule has 0 spiro atoms. The van der Waals surface area contributed by atoms with E-state index in [2.05, 4.69) is 18.0 Å². The predicted molar refractivity (Wildman–Crippen MR) is 96.4 cm³/mol. The number of hydrogen-bond acceptors (Lipinski definition) is 2. The number of rotatable bonds is 4. The van der Waals surface area contributed by atoms with E-state index in [0.717, 1.165) is 11.7 Å². The van der Waals surface area contributed by atoms with Crippen LogP contribution in [0.2, 0.25) is 0 Å². The molecule has 0 fully saturated rings. The largest absolute Gasteiger partial charge is 0.489 e. The quantitative estimate of drug-likeness (QED) is 0.449. The van der Waals surface area contributed by atoms with E-state index in [1.807, 2.05) is 63.1 Å². The molecule has 0 amide bonds. The summed E-state index contributed by atoms with van der Waals surface area (Å²) in [6.45, 7) is 4.74. The minimum absolute atomic E-state index is 0.